The van der Waals surface area contributed by atoms with E-state index in [1.165, 1.54) is 11.3 Å². The van der Waals surface area contributed by atoms with Gasteiger partial charge in [0.15, 0.2) is 11.6 Å². The van der Waals surface area contributed by atoms with Crippen molar-refractivity contribution in [2.45, 2.75) is 0 Å². The smallest absolute Gasteiger partial charge is 0.259 e. The highest BCUT2D eigenvalue weighted by molar-refractivity contribution is 7.08. The van der Waals surface area contributed by atoms with Crippen LogP contribution in [0.25, 0.3) is 22.3 Å². The minimum atomic E-state index is -1.06. The molecule has 0 aliphatic carbocycles. The molecule has 0 radical (unpaired) electrons. The molecule has 0 amide bonds. The van der Waals surface area contributed by atoms with E-state index in [9.17, 15) is 13.6 Å². The zero-order valence-electron chi connectivity index (χ0n) is 8.91. The van der Waals surface area contributed by atoms with Crippen LogP contribution >= 0.6 is 11.3 Å². The van der Waals surface area contributed by atoms with E-state index >= 15 is 0 Å². The number of nitrogens with one attached hydrogen (secondary N) is 1. The van der Waals surface area contributed by atoms with E-state index in [4.69, 9.17) is 0 Å². The van der Waals surface area contributed by atoms with E-state index in [1.807, 2.05) is 10.8 Å². The lowest BCUT2D eigenvalue weighted by molar-refractivity contribution is 0.510. The predicted octanol–water partition coefficient (Wildman–Crippen LogP) is 2.93. The van der Waals surface area contributed by atoms with Gasteiger partial charge in [0.05, 0.1) is 10.9 Å². The molecule has 18 heavy (non-hydrogen) atoms. The number of nitrogens with zero attached hydrogens (tertiary/aromatic N) is 1. The highest BCUT2D eigenvalue weighted by Crippen LogP contribution is 2.20. The number of fused-ring (bicyclic) bond motifs is 1. The second-order valence-electron chi connectivity index (χ2n) is 3.71. The van der Waals surface area contributed by atoms with Crippen LogP contribution in [0.3, 0.4) is 0 Å². The SMILES string of the molecule is O=c1[nH]c(-c2ccsc2)nc2cc(F)c(F)cc12. The summed E-state index contributed by atoms with van der Waals surface area (Å²) in [7, 11) is 0. The second-order valence-corrected chi connectivity index (χ2v) is 4.49. The largest absolute Gasteiger partial charge is 0.306 e. The molecule has 0 fully saturated rings. The Bertz CT molecular complexity index is 781. The Hall–Kier alpha value is -2.08. The first kappa shape index (κ1) is 11.0. The summed E-state index contributed by atoms with van der Waals surface area (Å²) >= 11 is 1.46. The fraction of sp³-hybridized carbons (Fsp3) is 0. The van der Waals surface area contributed by atoms with E-state index in [-0.39, 0.29) is 10.9 Å². The minimum Gasteiger partial charge on any atom is -0.306 e. The van der Waals surface area contributed by atoms with Gasteiger partial charge in [0.2, 0.25) is 0 Å². The molecule has 3 rings (SSSR count). The van der Waals surface area contributed by atoms with Crippen molar-refractivity contribution in [2.24, 2.45) is 0 Å². The third-order valence-electron chi connectivity index (χ3n) is 2.54. The maximum Gasteiger partial charge on any atom is 0.259 e. The first-order chi connectivity index (χ1) is 8.65. The van der Waals surface area contributed by atoms with Crippen LogP contribution in [0.4, 0.5) is 8.78 Å². The number of aromatic nitrogens is 2. The van der Waals surface area contributed by atoms with Crippen molar-refractivity contribution < 1.29 is 8.78 Å². The molecule has 6 heteroatoms. The minimum absolute atomic E-state index is 0.0351. The van der Waals surface area contributed by atoms with Crippen molar-refractivity contribution in [1.82, 2.24) is 9.97 Å². The lowest BCUT2D eigenvalue weighted by Crippen LogP contribution is -2.10. The average molecular weight is 264 g/mol. The Labute approximate surface area is 104 Å². The molecule has 3 aromatic rings. The molecule has 2 heterocycles. The molecule has 0 saturated heterocycles. The second kappa shape index (κ2) is 3.99. The summed E-state index contributed by atoms with van der Waals surface area (Å²) in [4.78, 5) is 18.5. The Balaban J connectivity index is 2.34. The van der Waals surface area contributed by atoms with Crippen molar-refractivity contribution in [3.63, 3.8) is 0 Å². The van der Waals surface area contributed by atoms with E-state index in [2.05, 4.69) is 9.97 Å². The highest BCUT2D eigenvalue weighted by atomic mass is 32.1. The molecule has 0 saturated carbocycles. The van der Waals surface area contributed by atoms with Gasteiger partial charge in [0.1, 0.15) is 5.82 Å². The number of rotatable bonds is 1. The monoisotopic (exact) mass is 264 g/mol. The normalized spacial score (nSPS) is 11.0. The van der Waals surface area contributed by atoms with Gasteiger partial charge in [-0.05, 0) is 17.5 Å². The van der Waals surface area contributed by atoms with Gasteiger partial charge in [0.25, 0.3) is 5.56 Å². The molecule has 1 aromatic carbocycles. The molecule has 0 aliphatic heterocycles. The number of thiophene rings is 1. The van der Waals surface area contributed by atoms with Gasteiger partial charge in [-0.2, -0.15) is 11.3 Å². The van der Waals surface area contributed by atoms with Crippen LogP contribution in [0.5, 0.6) is 0 Å². The van der Waals surface area contributed by atoms with Crippen molar-refractivity contribution in [2.75, 3.05) is 0 Å². The van der Waals surface area contributed by atoms with Crippen molar-refractivity contribution in [1.29, 1.82) is 0 Å². The molecule has 2 aromatic heterocycles. The summed E-state index contributed by atoms with van der Waals surface area (Å²) in [5.41, 5.74) is 0.391. The predicted molar refractivity (Wildman–Crippen MR) is 65.6 cm³/mol. The van der Waals surface area contributed by atoms with Gasteiger partial charge >= 0.3 is 0 Å². The Morgan fingerprint density at radius 2 is 2.00 bits per heavy atom. The number of benzene rings is 1. The molecule has 0 aliphatic rings. The zero-order chi connectivity index (χ0) is 12.7. The van der Waals surface area contributed by atoms with Crippen molar-refractivity contribution >= 4 is 22.2 Å². The van der Waals surface area contributed by atoms with Crippen LogP contribution in [-0.2, 0) is 0 Å². The van der Waals surface area contributed by atoms with Crippen molar-refractivity contribution in [3.05, 3.63) is 50.9 Å². The molecule has 0 unspecified atom stereocenters. The molecule has 0 bridgehead atoms. The molecular formula is C12H6F2N2OS. The summed E-state index contributed by atoms with van der Waals surface area (Å²) in [6.45, 7) is 0. The number of hydrogen-bond donors (Lipinski definition) is 1. The Morgan fingerprint density at radius 1 is 1.22 bits per heavy atom. The fourth-order valence-corrected chi connectivity index (χ4v) is 2.31. The maximum absolute atomic E-state index is 13.1. The molecule has 0 spiro atoms. The topological polar surface area (TPSA) is 45.8 Å². The first-order valence-electron chi connectivity index (χ1n) is 5.07. The van der Waals surface area contributed by atoms with E-state index in [0.717, 1.165) is 17.7 Å². The van der Waals surface area contributed by atoms with Crippen LogP contribution in [0.2, 0.25) is 0 Å². The summed E-state index contributed by atoms with van der Waals surface area (Å²) in [6.07, 6.45) is 0. The average Bonchev–Trinajstić information content (AvgIpc) is 2.85. The number of halogens is 2. The summed E-state index contributed by atoms with van der Waals surface area (Å²) in [5, 5.41) is 3.68. The number of H-pyrrole nitrogens is 1. The molecule has 1 N–H and O–H groups in total. The lowest BCUT2D eigenvalue weighted by Gasteiger charge is -2.01. The summed E-state index contributed by atoms with van der Waals surface area (Å²) in [6, 6.07) is 3.57. The lowest BCUT2D eigenvalue weighted by atomic mass is 10.2. The Morgan fingerprint density at radius 3 is 2.72 bits per heavy atom. The van der Waals surface area contributed by atoms with Gasteiger partial charge in [0, 0.05) is 17.0 Å². The maximum atomic E-state index is 13.1. The summed E-state index contributed by atoms with van der Waals surface area (Å²) in [5.74, 6) is -1.73. The van der Waals surface area contributed by atoms with Crippen LogP contribution in [-0.4, -0.2) is 9.97 Å². The number of aromatic amines is 1. The highest BCUT2D eigenvalue weighted by Gasteiger charge is 2.10. The van der Waals surface area contributed by atoms with E-state index in [1.54, 1.807) is 6.07 Å². The first-order valence-corrected chi connectivity index (χ1v) is 6.01. The van der Waals surface area contributed by atoms with Gasteiger partial charge in [-0.1, -0.05) is 0 Å². The van der Waals surface area contributed by atoms with Crippen LogP contribution in [0.15, 0.2) is 33.8 Å². The van der Waals surface area contributed by atoms with E-state index < -0.39 is 17.2 Å². The van der Waals surface area contributed by atoms with Gasteiger partial charge in [-0.15, -0.1) is 0 Å². The molecule has 90 valence electrons. The summed E-state index contributed by atoms with van der Waals surface area (Å²) < 4.78 is 26.2. The third-order valence-corrected chi connectivity index (χ3v) is 3.23. The Kier molecular flexibility index (Phi) is 2.45. The van der Waals surface area contributed by atoms with Gasteiger partial charge in [-0.3, -0.25) is 4.79 Å². The quantitative estimate of drug-likeness (QED) is 0.734. The van der Waals surface area contributed by atoms with Crippen LogP contribution in [0, 0.1) is 11.6 Å². The van der Waals surface area contributed by atoms with Crippen molar-refractivity contribution in [3.8, 4) is 11.4 Å². The third kappa shape index (κ3) is 1.70. The van der Waals surface area contributed by atoms with E-state index in [0.29, 0.717) is 5.82 Å². The fourth-order valence-electron chi connectivity index (χ4n) is 1.67. The van der Waals surface area contributed by atoms with Crippen LogP contribution in [0.1, 0.15) is 0 Å². The van der Waals surface area contributed by atoms with Gasteiger partial charge in [-0.25, -0.2) is 13.8 Å². The zero-order valence-corrected chi connectivity index (χ0v) is 9.72. The molecule has 3 nitrogen and oxygen atoms in total. The number of hydrogen-bond acceptors (Lipinski definition) is 3. The molecule has 0 atom stereocenters. The standard InChI is InChI=1S/C12H6F2N2OS/c13-8-3-7-10(4-9(8)14)15-11(16-12(7)17)6-1-2-18-5-6/h1-5H,(H,15,16,17). The molecular weight excluding hydrogens is 258 g/mol. The van der Waals surface area contributed by atoms with Gasteiger partial charge < -0.3 is 4.98 Å². The van der Waals surface area contributed by atoms with Crippen LogP contribution < -0.4 is 5.56 Å².